The number of aliphatic carboxylic acids is 1. The second-order valence-electron chi connectivity index (χ2n) is 2.78. The first-order valence-electron chi connectivity index (χ1n) is 3.87. The number of rotatable bonds is 3. The van der Waals surface area contributed by atoms with Gasteiger partial charge in [0.05, 0.1) is 5.56 Å². The predicted molar refractivity (Wildman–Crippen MR) is 48.7 cm³/mol. The Labute approximate surface area is 83.2 Å². The number of nitrogens with two attached hydrogens (primary N) is 1. The summed E-state index contributed by atoms with van der Waals surface area (Å²) in [4.78, 5) is 34.9. The topological polar surface area (TPSA) is 133 Å². The van der Waals surface area contributed by atoms with Crippen LogP contribution in [0.25, 0.3) is 0 Å². The van der Waals surface area contributed by atoms with Crippen LogP contribution >= 0.6 is 0 Å². The lowest BCUT2D eigenvalue weighted by atomic mass is 10.1. The van der Waals surface area contributed by atoms with Crippen LogP contribution < -0.4 is 11.3 Å². The van der Waals surface area contributed by atoms with E-state index in [4.69, 9.17) is 15.9 Å². The van der Waals surface area contributed by atoms with E-state index in [1.165, 1.54) is 0 Å². The lowest BCUT2D eigenvalue weighted by Crippen LogP contribution is -2.40. The summed E-state index contributed by atoms with van der Waals surface area (Å²) in [6.07, 6.45) is 0.978. The molecule has 1 aromatic rings. The molecule has 0 aliphatic rings. The second-order valence-corrected chi connectivity index (χ2v) is 2.78. The number of aromatic nitrogens is 1. The molecule has 0 aliphatic carbocycles. The zero-order valence-electron chi connectivity index (χ0n) is 7.43. The van der Waals surface area contributed by atoms with E-state index >= 15 is 0 Å². The molecule has 0 fully saturated rings. The molecule has 80 valence electrons. The molecule has 1 unspecified atom stereocenters. The number of hydrogen-bond acceptors (Lipinski definition) is 5. The fourth-order valence-electron chi connectivity index (χ4n) is 0.935. The first-order chi connectivity index (χ1) is 6.93. The minimum Gasteiger partial charge on any atom is -0.506 e. The summed E-state index contributed by atoms with van der Waals surface area (Å²) in [5, 5.41) is 17.4. The van der Waals surface area contributed by atoms with Gasteiger partial charge in [-0.25, -0.2) is 0 Å². The van der Waals surface area contributed by atoms with Gasteiger partial charge in [-0.2, -0.15) is 0 Å². The van der Waals surface area contributed by atoms with Gasteiger partial charge in [-0.1, -0.05) is 0 Å². The molecule has 15 heavy (non-hydrogen) atoms. The highest BCUT2D eigenvalue weighted by Crippen LogP contribution is 2.06. The van der Waals surface area contributed by atoms with Crippen LogP contribution in [0.4, 0.5) is 0 Å². The third kappa shape index (κ3) is 2.20. The van der Waals surface area contributed by atoms with Crippen LogP contribution in [0.1, 0.15) is 10.4 Å². The van der Waals surface area contributed by atoms with E-state index in [0.717, 1.165) is 12.3 Å². The van der Waals surface area contributed by atoms with Crippen molar-refractivity contribution in [3.63, 3.8) is 0 Å². The molecule has 7 heteroatoms. The zero-order chi connectivity index (χ0) is 11.6. The lowest BCUT2D eigenvalue weighted by molar-refractivity contribution is -0.137. The summed E-state index contributed by atoms with van der Waals surface area (Å²) in [6.45, 7) is 0. The number of carboxylic acid groups (broad SMARTS) is 1. The van der Waals surface area contributed by atoms with Crippen LogP contribution in [-0.4, -0.2) is 33.0 Å². The summed E-state index contributed by atoms with van der Waals surface area (Å²) in [6, 6.07) is -0.947. The van der Waals surface area contributed by atoms with E-state index in [2.05, 4.69) is 4.98 Å². The predicted octanol–water partition coefficient (Wildman–Crippen LogP) is -1.32. The summed E-state index contributed by atoms with van der Waals surface area (Å²) >= 11 is 0. The minimum absolute atomic E-state index is 0.351. The van der Waals surface area contributed by atoms with Crippen LogP contribution in [0, 0.1) is 0 Å². The van der Waals surface area contributed by atoms with Gasteiger partial charge in [0.2, 0.25) is 0 Å². The third-order valence-electron chi connectivity index (χ3n) is 1.70. The molecule has 0 spiro atoms. The van der Waals surface area contributed by atoms with Gasteiger partial charge in [-0.05, 0) is 6.07 Å². The van der Waals surface area contributed by atoms with Crippen LogP contribution in [0.3, 0.4) is 0 Å². The Kier molecular flexibility index (Phi) is 2.86. The molecule has 0 saturated carbocycles. The Balaban J connectivity index is 3.17. The number of carboxylic acids is 1. The highest BCUT2D eigenvalue weighted by molar-refractivity contribution is 6.11. The largest absolute Gasteiger partial charge is 0.506 e. The van der Waals surface area contributed by atoms with Crippen LogP contribution in [0.5, 0.6) is 5.75 Å². The molecule has 0 aliphatic heterocycles. The number of aromatic hydroxyl groups is 1. The molecule has 0 saturated heterocycles. The van der Waals surface area contributed by atoms with Gasteiger partial charge in [0.1, 0.15) is 5.75 Å². The van der Waals surface area contributed by atoms with Crippen molar-refractivity contribution in [2.75, 3.05) is 0 Å². The normalized spacial score (nSPS) is 12.1. The maximum Gasteiger partial charge on any atom is 0.328 e. The Bertz CT molecular complexity index is 464. The minimum atomic E-state index is -1.81. The molecule has 1 heterocycles. The number of carbonyl (C=O) groups excluding carboxylic acids is 1. The van der Waals surface area contributed by atoms with Gasteiger partial charge in [0.25, 0.3) is 5.56 Å². The maximum absolute atomic E-state index is 11.3. The number of hydrogen-bond donors (Lipinski definition) is 4. The standard InChI is InChI=1S/C8H8N2O5/c9-5(8(14)15)6(12)4-1-3(11)2-10-7(4)13/h1-2,5,11H,9H2,(H,10,13)(H,14,15). The number of pyridine rings is 1. The third-order valence-corrected chi connectivity index (χ3v) is 1.70. The van der Waals surface area contributed by atoms with E-state index in [0.29, 0.717) is 0 Å². The lowest BCUT2D eigenvalue weighted by Gasteiger charge is -2.04. The fourth-order valence-corrected chi connectivity index (χ4v) is 0.935. The van der Waals surface area contributed by atoms with Crippen molar-refractivity contribution in [1.82, 2.24) is 4.98 Å². The molecule has 0 bridgehead atoms. The number of nitrogens with one attached hydrogen (secondary N) is 1. The molecule has 0 aromatic carbocycles. The Morgan fingerprint density at radius 1 is 1.47 bits per heavy atom. The van der Waals surface area contributed by atoms with Crippen molar-refractivity contribution in [2.45, 2.75) is 6.04 Å². The van der Waals surface area contributed by atoms with Gasteiger partial charge in [-0.15, -0.1) is 0 Å². The van der Waals surface area contributed by atoms with Crippen LogP contribution in [0.15, 0.2) is 17.1 Å². The molecule has 5 N–H and O–H groups in total. The van der Waals surface area contributed by atoms with Gasteiger partial charge in [-0.3, -0.25) is 14.4 Å². The van der Waals surface area contributed by atoms with E-state index in [-0.39, 0.29) is 5.75 Å². The molecule has 7 nitrogen and oxygen atoms in total. The number of H-pyrrole nitrogens is 1. The average molecular weight is 212 g/mol. The number of Topliss-reactive ketones (excluding diaryl/α,β-unsaturated/α-hetero) is 1. The van der Waals surface area contributed by atoms with Crippen molar-refractivity contribution < 1.29 is 19.8 Å². The van der Waals surface area contributed by atoms with Crippen molar-refractivity contribution in [2.24, 2.45) is 5.73 Å². The van der Waals surface area contributed by atoms with Crippen molar-refractivity contribution >= 4 is 11.8 Å². The molecular weight excluding hydrogens is 204 g/mol. The van der Waals surface area contributed by atoms with Gasteiger partial charge in [0.15, 0.2) is 11.8 Å². The van der Waals surface area contributed by atoms with Crippen molar-refractivity contribution in [1.29, 1.82) is 0 Å². The van der Waals surface area contributed by atoms with Crippen molar-refractivity contribution in [3.8, 4) is 5.75 Å². The summed E-state index contributed by atoms with van der Waals surface area (Å²) < 4.78 is 0. The SMILES string of the molecule is NC(C(=O)O)C(=O)c1cc(O)c[nH]c1=O. The Morgan fingerprint density at radius 3 is 2.60 bits per heavy atom. The van der Waals surface area contributed by atoms with Crippen LogP contribution in [0.2, 0.25) is 0 Å². The zero-order valence-corrected chi connectivity index (χ0v) is 7.43. The number of aromatic amines is 1. The maximum atomic E-state index is 11.3. The first kappa shape index (κ1) is 10.9. The van der Waals surface area contributed by atoms with Crippen molar-refractivity contribution in [3.05, 3.63) is 28.2 Å². The monoisotopic (exact) mass is 212 g/mol. The molecular formula is C8H8N2O5. The fraction of sp³-hybridized carbons (Fsp3) is 0.125. The molecule has 0 radical (unpaired) electrons. The summed E-state index contributed by atoms with van der Waals surface area (Å²) in [7, 11) is 0. The van der Waals surface area contributed by atoms with Gasteiger partial charge >= 0.3 is 5.97 Å². The molecule has 1 rings (SSSR count). The number of carbonyl (C=O) groups is 2. The van der Waals surface area contributed by atoms with E-state index < -0.39 is 28.9 Å². The van der Waals surface area contributed by atoms with Gasteiger partial charge in [0, 0.05) is 6.20 Å². The smallest absolute Gasteiger partial charge is 0.328 e. The molecule has 0 amide bonds. The first-order valence-corrected chi connectivity index (χ1v) is 3.87. The van der Waals surface area contributed by atoms with E-state index in [9.17, 15) is 14.4 Å². The average Bonchev–Trinajstić information content (AvgIpc) is 2.19. The quantitative estimate of drug-likeness (QED) is 0.362. The number of ketones is 1. The van der Waals surface area contributed by atoms with E-state index in [1.807, 2.05) is 0 Å². The highest BCUT2D eigenvalue weighted by Gasteiger charge is 2.25. The second kappa shape index (κ2) is 3.93. The highest BCUT2D eigenvalue weighted by atomic mass is 16.4. The molecule has 1 atom stereocenters. The van der Waals surface area contributed by atoms with Crippen LogP contribution in [-0.2, 0) is 4.79 Å². The summed E-state index contributed by atoms with van der Waals surface area (Å²) in [5.74, 6) is -2.95. The Morgan fingerprint density at radius 2 is 2.07 bits per heavy atom. The van der Waals surface area contributed by atoms with E-state index in [1.54, 1.807) is 0 Å². The molecule has 1 aromatic heterocycles. The Hall–Kier alpha value is -2.15. The van der Waals surface area contributed by atoms with Gasteiger partial charge < -0.3 is 20.9 Å². The summed E-state index contributed by atoms with van der Waals surface area (Å²) in [5.41, 5.74) is 3.75.